The first-order valence-corrected chi connectivity index (χ1v) is 8.42. The van der Waals surface area contributed by atoms with E-state index in [-0.39, 0.29) is 36.1 Å². The van der Waals surface area contributed by atoms with E-state index in [0.717, 1.165) is 0 Å². The molecule has 0 aromatic heterocycles. The standard InChI is InChI=1S/C17H30N2O4/c1-10(2)6-14(20)18-15(11(3)4)16(21)19-8-12(5)7-13(9-19)17(22)23/h10-13,15H,6-9H2,1-5H3,(H,18,20)(H,22,23). The maximum absolute atomic E-state index is 12.8. The fraction of sp³-hybridized carbons (Fsp3) is 0.824. The number of rotatable bonds is 6. The molecule has 6 nitrogen and oxygen atoms in total. The van der Waals surface area contributed by atoms with E-state index < -0.39 is 17.9 Å². The van der Waals surface area contributed by atoms with E-state index in [1.807, 2.05) is 34.6 Å². The highest BCUT2D eigenvalue weighted by Gasteiger charge is 2.36. The minimum Gasteiger partial charge on any atom is -0.481 e. The Morgan fingerprint density at radius 1 is 1.17 bits per heavy atom. The van der Waals surface area contributed by atoms with Gasteiger partial charge in [-0.3, -0.25) is 14.4 Å². The molecule has 0 radical (unpaired) electrons. The van der Waals surface area contributed by atoms with Gasteiger partial charge in [0, 0.05) is 19.5 Å². The SMILES string of the molecule is CC(C)CC(=O)NC(C(=O)N1CC(C)CC(C(=O)O)C1)C(C)C. The molecule has 2 N–H and O–H groups in total. The topological polar surface area (TPSA) is 86.7 Å². The lowest BCUT2D eigenvalue weighted by Crippen LogP contribution is -2.55. The Morgan fingerprint density at radius 3 is 2.26 bits per heavy atom. The first-order chi connectivity index (χ1) is 10.6. The van der Waals surface area contributed by atoms with Crippen LogP contribution < -0.4 is 5.32 Å². The summed E-state index contributed by atoms with van der Waals surface area (Å²) in [5.74, 6) is -1.36. The Morgan fingerprint density at radius 2 is 1.78 bits per heavy atom. The molecule has 3 unspecified atom stereocenters. The van der Waals surface area contributed by atoms with E-state index in [0.29, 0.717) is 19.4 Å². The van der Waals surface area contributed by atoms with Crippen molar-refractivity contribution in [3.05, 3.63) is 0 Å². The molecule has 23 heavy (non-hydrogen) atoms. The van der Waals surface area contributed by atoms with Crippen LogP contribution in [0.25, 0.3) is 0 Å². The van der Waals surface area contributed by atoms with Gasteiger partial charge >= 0.3 is 5.97 Å². The van der Waals surface area contributed by atoms with Crippen molar-refractivity contribution in [1.82, 2.24) is 10.2 Å². The zero-order valence-electron chi connectivity index (χ0n) is 14.8. The average Bonchev–Trinajstić information content (AvgIpc) is 2.42. The smallest absolute Gasteiger partial charge is 0.308 e. The summed E-state index contributed by atoms with van der Waals surface area (Å²) in [7, 11) is 0. The lowest BCUT2D eigenvalue weighted by Gasteiger charge is -2.37. The van der Waals surface area contributed by atoms with Gasteiger partial charge in [0.1, 0.15) is 6.04 Å². The molecule has 6 heteroatoms. The minimum absolute atomic E-state index is 0.0425. The third-order valence-corrected chi connectivity index (χ3v) is 4.16. The Balaban J connectivity index is 2.80. The number of carboxylic acids is 1. The van der Waals surface area contributed by atoms with Gasteiger partial charge in [-0.2, -0.15) is 0 Å². The van der Waals surface area contributed by atoms with Crippen molar-refractivity contribution >= 4 is 17.8 Å². The van der Waals surface area contributed by atoms with Crippen LogP contribution >= 0.6 is 0 Å². The van der Waals surface area contributed by atoms with Crippen molar-refractivity contribution in [2.75, 3.05) is 13.1 Å². The fourth-order valence-electron chi connectivity index (χ4n) is 3.02. The molecule has 1 saturated heterocycles. The molecule has 132 valence electrons. The lowest BCUT2D eigenvalue weighted by molar-refractivity contribution is -0.148. The van der Waals surface area contributed by atoms with Crippen LogP contribution in [0.15, 0.2) is 0 Å². The predicted octanol–water partition coefficient (Wildman–Crippen LogP) is 1.74. The molecular weight excluding hydrogens is 296 g/mol. The molecule has 0 aromatic rings. The number of hydrogen-bond donors (Lipinski definition) is 2. The Labute approximate surface area is 138 Å². The normalized spacial score (nSPS) is 23.0. The number of likely N-dealkylation sites (tertiary alicyclic amines) is 1. The van der Waals surface area contributed by atoms with Gasteiger partial charge in [-0.05, 0) is 24.2 Å². The Hall–Kier alpha value is -1.59. The first-order valence-electron chi connectivity index (χ1n) is 8.42. The molecule has 0 saturated carbocycles. The van der Waals surface area contributed by atoms with Gasteiger partial charge in [0.05, 0.1) is 5.92 Å². The number of carbonyl (C=O) groups excluding carboxylic acids is 2. The highest BCUT2D eigenvalue weighted by molar-refractivity contribution is 5.88. The van der Waals surface area contributed by atoms with Gasteiger partial charge in [-0.1, -0.05) is 34.6 Å². The second-order valence-corrected chi connectivity index (χ2v) is 7.51. The quantitative estimate of drug-likeness (QED) is 0.778. The van der Waals surface area contributed by atoms with E-state index in [9.17, 15) is 19.5 Å². The molecule has 3 atom stereocenters. The molecule has 2 amide bonds. The molecule has 0 aliphatic carbocycles. The molecule has 1 aliphatic heterocycles. The van der Waals surface area contributed by atoms with Gasteiger partial charge < -0.3 is 15.3 Å². The summed E-state index contributed by atoms with van der Waals surface area (Å²) in [4.78, 5) is 37.7. The number of nitrogens with zero attached hydrogens (tertiary/aromatic N) is 1. The molecule has 0 bridgehead atoms. The second kappa shape index (κ2) is 8.31. The van der Waals surface area contributed by atoms with Gasteiger partial charge in [0.15, 0.2) is 0 Å². The zero-order chi connectivity index (χ0) is 17.7. The van der Waals surface area contributed by atoms with Crippen LogP contribution in [-0.4, -0.2) is 46.9 Å². The zero-order valence-corrected chi connectivity index (χ0v) is 14.8. The van der Waals surface area contributed by atoms with Gasteiger partial charge in [-0.15, -0.1) is 0 Å². The van der Waals surface area contributed by atoms with Crippen molar-refractivity contribution in [3.63, 3.8) is 0 Å². The molecule has 0 spiro atoms. The van der Waals surface area contributed by atoms with Crippen LogP contribution in [0.2, 0.25) is 0 Å². The third-order valence-electron chi connectivity index (χ3n) is 4.16. The van der Waals surface area contributed by atoms with E-state index in [1.54, 1.807) is 4.90 Å². The summed E-state index contributed by atoms with van der Waals surface area (Å²) in [5, 5.41) is 12.1. The highest BCUT2D eigenvalue weighted by atomic mass is 16.4. The molecule has 1 heterocycles. The average molecular weight is 326 g/mol. The molecule has 1 fully saturated rings. The van der Waals surface area contributed by atoms with E-state index >= 15 is 0 Å². The number of piperidine rings is 1. The van der Waals surface area contributed by atoms with Gasteiger partial charge in [0.2, 0.25) is 11.8 Å². The van der Waals surface area contributed by atoms with Crippen LogP contribution in [0.3, 0.4) is 0 Å². The van der Waals surface area contributed by atoms with Crippen molar-refractivity contribution in [2.24, 2.45) is 23.7 Å². The van der Waals surface area contributed by atoms with Crippen LogP contribution in [-0.2, 0) is 14.4 Å². The molecule has 1 rings (SSSR count). The van der Waals surface area contributed by atoms with E-state index in [2.05, 4.69) is 5.32 Å². The Bertz CT molecular complexity index is 448. The lowest BCUT2D eigenvalue weighted by atomic mass is 9.89. The molecule has 0 aromatic carbocycles. The predicted molar refractivity (Wildman–Crippen MR) is 87.7 cm³/mol. The maximum atomic E-state index is 12.8. The number of nitrogens with one attached hydrogen (secondary N) is 1. The Kier molecular flexibility index (Phi) is 7.03. The highest BCUT2D eigenvalue weighted by Crippen LogP contribution is 2.23. The number of amides is 2. The monoisotopic (exact) mass is 326 g/mol. The first kappa shape index (κ1) is 19.5. The number of carbonyl (C=O) groups is 3. The summed E-state index contributed by atoms with van der Waals surface area (Å²) in [5.41, 5.74) is 0. The van der Waals surface area contributed by atoms with Crippen LogP contribution in [0.4, 0.5) is 0 Å². The largest absolute Gasteiger partial charge is 0.481 e. The van der Waals surface area contributed by atoms with Crippen molar-refractivity contribution in [3.8, 4) is 0 Å². The van der Waals surface area contributed by atoms with Gasteiger partial charge in [-0.25, -0.2) is 0 Å². The van der Waals surface area contributed by atoms with Crippen molar-refractivity contribution in [1.29, 1.82) is 0 Å². The van der Waals surface area contributed by atoms with Crippen LogP contribution in [0, 0.1) is 23.7 Å². The summed E-state index contributed by atoms with van der Waals surface area (Å²) in [6.07, 6.45) is 0.968. The maximum Gasteiger partial charge on any atom is 0.308 e. The van der Waals surface area contributed by atoms with Crippen LogP contribution in [0.5, 0.6) is 0 Å². The van der Waals surface area contributed by atoms with E-state index in [1.165, 1.54) is 0 Å². The van der Waals surface area contributed by atoms with Crippen molar-refractivity contribution < 1.29 is 19.5 Å². The van der Waals surface area contributed by atoms with Gasteiger partial charge in [0.25, 0.3) is 0 Å². The number of hydrogen-bond acceptors (Lipinski definition) is 3. The summed E-state index contributed by atoms with van der Waals surface area (Å²) >= 11 is 0. The minimum atomic E-state index is -0.862. The molecular formula is C17H30N2O4. The number of aliphatic carboxylic acids is 1. The van der Waals surface area contributed by atoms with Crippen molar-refractivity contribution in [2.45, 2.75) is 53.5 Å². The fourth-order valence-corrected chi connectivity index (χ4v) is 3.02. The van der Waals surface area contributed by atoms with E-state index in [4.69, 9.17) is 0 Å². The molecule has 1 aliphatic rings. The second-order valence-electron chi connectivity index (χ2n) is 7.51. The summed E-state index contributed by atoms with van der Waals surface area (Å²) in [6, 6.07) is -0.596. The van der Waals surface area contributed by atoms with Crippen LogP contribution in [0.1, 0.15) is 47.5 Å². The summed E-state index contributed by atoms with van der Waals surface area (Å²) < 4.78 is 0. The number of carboxylic acid groups (broad SMARTS) is 1. The third kappa shape index (κ3) is 5.84. The summed E-state index contributed by atoms with van der Waals surface area (Å²) in [6.45, 7) is 10.4.